The second-order valence-electron chi connectivity index (χ2n) is 5.44. The number of amides is 1. The first kappa shape index (κ1) is 16.2. The molecule has 1 unspecified atom stereocenters. The molecule has 1 aromatic heterocycles. The number of aryl methyl sites for hydroxylation is 2. The second kappa shape index (κ2) is 7.75. The summed E-state index contributed by atoms with van der Waals surface area (Å²) in [5.41, 5.74) is 2.90. The highest BCUT2D eigenvalue weighted by Gasteiger charge is 2.14. The topological polar surface area (TPSA) is 75.4 Å². The number of aromatic nitrogens is 1. The van der Waals surface area contributed by atoms with Crippen LogP contribution < -0.4 is 5.32 Å². The molecule has 1 amide bonds. The van der Waals surface area contributed by atoms with Crippen molar-refractivity contribution in [2.24, 2.45) is 0 Å². The molecule has 0 saturated heterocycles. The van der Waals surface area contributed by atoms with Crippen molar-refractivity contribution in [3.63, 3.8) is 0 Å². The highest BCUT2D eigenvalue weighted by Crippen LogP contribution is 2.14. The molecule has 2 N–H and O–H groups in total. The van der Waals surface area contributed by atoms with Crippen molar-refractivity contribution < 1.29 is 14.4 Å². The van der Waals surface area contributed by atoms with Crippen molar-refractivity contribution in [2.75, 3.05) is 6.61 Å². The summed E-state index contributed by atoms with van der Waals surface area (Å²) in [6.07, 6.45) is 1.57. The van der Waals surface area contributed by atoms with Gasteiger partial charge >= 0.3 is 0 Å². The van der Waals surface area contributed by atoms with Gasteiger partial charge in [0.25, 0.3) is 0 Å². The molecule has 0 aliphatic rings. The lowest BCUT2D eigenvalue weighted by atomic mass is 10.1. The lowest BCUT2D eigenvalue weighted by Crippen LogP contribution is -2.39. The summed E-state index contributed by atoms with van der Waals surface area (Å²) in [5, 5.41) is 16.2. The normalized spacial score (nSPS) is 12.1. The smallest absolute Gasteiger partial charge is 0.220 e. The van der Waals surface area contributed by atoms with E-state index in [9.17, 15) is 9.90 Å². The van der Waals surface area contributed by atoms with Crippen LogP contribution in [0.5, 0.6) is 0 Å². The third kappa shape index (κ3) is 4.43. The molecule has 1 aromatic carbocycles. The van der Waals surface area contributed by atoms with Crippen LogP contribution in [-0.2, 0) is 17.6 Å². The van der Waals surface area contributed by atoms with Gasteiger partial charge in [-0.3, -0.25) is 4.79 Å². The van der Waals surface area contributed by atoms with Crippen molar-refractivity contribution in [1.29, 1.82) is 0 Å². The molecule has 0 aliphatic carbocycles. The minimum Gasteiger partial charge on any atom is -0.394 e. The van der Waals surface area contributed by atoms with Crippen LogP contribution in [0.1, 0.15) is 29.0 Å². The van der Waals surface area contributed by atoms with Gasteiger partial charge in [-0.2, -0.15) is 0 Å². The Morgan fingerprint density at radius 3 is 2.64 bits per heavy atom. The highest BCUT2D eigenvalue weighted by molar-refractivity contribution is 5.76. The fourth-order valence-corrected chi connectivity index (χ4v) is 2.46. The summed E-state index contributed by atoms with van der Waals surface area (Å²) >= 11 is 0. The zero-order valence-electron chi connectivity index (χ0n) is 13.0. The van der Waals surface area contributed by atoms with E-state index < -0.39 is 0 Å². The first-order valence-corrected chi connectivity index (χ1v) is 7.46. The maximum absolute atomic E-state index is 12.0. The van der Waals surface area contributed by atoms with Gasteiger partial charge in [-0.25, -0.2) is 0 Å². The molecular weight excluding hydrogens is 280 g/mol. The van der Waals surface area contributed by atoms with E-state index in [1.807, 2.05) is 44.2 Å². The summed E-state index contributed by atoms with van der Waals surface area (Å²) < 4.78 is 5.09. The van der Waals surface area contributed by atoms with Crippen molar-refractivity contribution in [3.8, 4) is 0 Å². The SMILES string of the molecule is Cc1noc(C)c1CCC(=O)NC(CO)Cc1ccccc1. The lowest BCUT2D eigenvalue weighted by Gasteiger charge is -2.16. The quantitative estimate of drug-likeness (QED) is 0.819. The van der Waals surface area contributed by atoms with E-state index in [1.54, 1.807) is 0 Å². The number of aliphatic hydroxyl groups is 1. The second-order valence-corrected chi connectivity index (χ2v) is 5.44. The predicted octanol–water partition coefficient (Wildman–Crippen LogP) is 1.94. The molecule has 5 nitrogen and oxygen atoms in total. The Balaban J connectivity index is 1.84. The van der Waals surface area contributed by atoms with Crippen LogP contribution >= 0.6 is 0 Å². The van der Waals surface area contributed by atoms with E-state index in [1.165, 1.54) is 0 Å². The van der Waals surface area contributed by atoms with Gasteiger partial charge in [0, 0.05) is 12.0 Å². The molecule has 0 bridgehead atoms. The van der Waals surface area contributed by atoms with Crippen LogP contribution in [0.4, 0.5) is 0 Å². The molecule has 0 aliphatic heterocycles. The number of hydrogen-bond donors (Lipinski definition) is 2. The van der Waals surface area contributed by atoms with Gasteiger partial charge in [0.1, 0.15) is 5.76 Å². The molecule has 22 heavy (non-hydrogen) atoms. The molecule has 1 heterocycles. The van der Waals surface area contributed by atoms with Gasteiger partial charge in [-0.1, -0.05) is 35.5 Å². The van der Waals surface area contributed by atoms with Gasteiger partial charge < -0.3 is 14.9 Å². The molecule has 0 radical (unpaired) electrons. The lowest BCUT2D eigenvalue weighted by molar-refractivity contribution is -0.122. The van der Waals surface area contributed by atoms with Crippen molar-refractivity contribution in [1.82, 2.24) is 10.5 Å². The highest BCUT2D eigenvalue weighted by atomic mass is 16.5. The van der Waals surface area contributed by atoms with Gasteiger partial charge in [0.05, 0.1) is 18.3 Å². The van der Waals surface area contributed by atoms with Crippen molar-refractivity contribution in [3.05, 3.63) is 52.9 Å². The molecular formula is C17H22N2O3. The zero-order chi connectivity index (χ0) is 15.9. The predicted molar refractivity (Wildman–Crippen MR) is 83.5 cm³/mol. The monoisotopic (exact) mass is 302 g/mol. The Morgan fingerprint density at radius 1 is 1.32 bits per heavy atom. The van der Waals surface area contributed by atoms with Crippen LogP contribution in [0.15, 0.2) is 34.9 Å². The number of carbonyl (C=O) groups is 1. The average Bonchev–Trinajstić information content (AvgIpc) is 2.84. The van der Waals surface area contributed by atoms with E-state index in [0.29, 0.717) is 19.3 Å². The summed E-state index contributed by atoms with van der Waals surface area (Å²) in [6.45, 7) is 3.64. The molecule has 1 atom stereocenters. The van der Waals surface area contributed by atoms with Gasteiger partial charge in [0.2, 0.25) is 5.91 Å². The fourth-order valence-electron chi connectivity index (χ4n) is 2.46. The molecule has 0 spiro atoms. The van der Waals surface area contributed by atoms with Gasteiger partial charge in [-0.05, 0) is 32.3 Å². The molecule has 2 rings (SSSR count). The third-order valence-electron chi connectivity index (χ3n) is 3.69. The Morgan fingerprint density at radius 2 is 2.05 bits per heavy atom. The Hall–Kier alpha value is -2.14. The summed E-state index contributed by atoms with van der Waals surface area (Å²) in [5.74, 6) is 0.684. The number of nitrogens with zero attached hydrogens (tertiary/aromatic N) is 1. The van der Waals surface area contributed by atoms with Gasteiger partial charge in [-0.15, -0.1) is 0 Å². The van der Waals surface area contributed by atoms with E-state index in [4.69, 9.17) is 4.52 Å². The number of nitrogens with one attached hydrogen (secondary N) is 1. The first-order valence-electron chi connectivity index (χ1n) is 7.46. The zero-order valence-corrected chi connectivity index (χ0v) is 13.0. The van der Waals surface area contributed by atoms with E-state index in [2.05, 4.69) is 10.5 Å². The van der Waals surface area contributed by atoms with Crippen LogP contribution in [0.25, 0.3) is 0 Å². The fraction of sp³-hybridized carbons (Fsp3) is 0.412. The van der Waals surface area contributed by atoms with Crippen LogP contribution in [0, 0.1) is 13.8 Å². The van der Waals surface area contributed by atoms with Crippen LogP contribution in [-0.4, -0.2) is 28.8 Å². The molecule has 0 fully saturated rings. The number of carbonyl (C=O) groups excluding carboxylic acids is 1. The van der Waals surface area contributed by atoms with Crippen molar-refractivity contribution in [2.45, 2.75) is 39.2 Å². The summed E-state index contributed by atoms with van der Waals surface area (Å²) in [4.78, 5) is 12.0. The minimum absolute atomic E-state index is 0.0741. The molecule has 2 aromatic rings. The summed E-state index contributed by atoms with van der Waals surface area (Å²) in [7, 11) is 0. The van der Waals surface area contributed by atoms with E-state index in [-0.39, 0.29) is 18.6 Å². The standard InChI is InChI=1S/C17H22N2O3/c1-12-16(13(2)22-19-12)8-9-17(21)18-15(11-20)10-14-6-4-3-5-7-14/h3-7,15,20H,8-11H2,1-2H3,(H,18,21). The number of hydrogen-bond acceptors (Lipinski definition) is 4. The largest absolute Gasteiger partial charge is 0.394 e. The molecule has 118 valence electrons. The molecule has 0 saturated carbocycles. The van der Waals surface area contributed by atoms with Crippen LogP contribution in [0.2, 0.25) is 0 Å². The molecule has 5 heteroatoms. The van der Waals surface area contributed by atoms with Crippen molar-refractivity contribution >= 4 is 5.91 Å². The maximum Gasteiger partial charge on any atom is 0.220 e. The summed E-state index contributed by atoms with van der Waals surface area (Å²) in [6, 6.07) is 9.54. The third-order valence-corrected chi connectivity index (χ3v) is 3.69. The maximum atomic E-state index is 12.0. The Kier molecular flexibility index (Phi) is 5.72. The first-order chi connectivity index (χ1) is 10.6. The average molecular weight is 302 g/mol. The number of rotatable bonds is 7. The van der Waals surface area contributed by atoms with E-state index >= 15 is 0 Å². The Bertz CT molecular complexity index is 588. The number of aliphatic hydroxyl groups excluding tert-OH is 1. The van der Waals surface area contributed by atoms with Gasteiger partial charge in [0.15, 0.2) is 0 Å². The van der Waals surface area contributed by atoms with E-state index in [0.717, 1.165) is 22.6 Å². The minimum atomic E-state index is -0.264. The Labute approximate surface area is 130 Å². The number of benzene rings is 1. The van der Waals surface area contributed by atoms with Crippen LogP contribution in [0.3, 0.4) is 0 Å².